The smallest absolute Gasteiger partial charge is 0.341 e. The van der Waals surface area contributed by atoms with E-state index in [9.17, 15) is 23.5 Å². The van der Waals surface area contributed by atoms with Crippen molar-refractivity contribution in [1.82, 2.24) is 4.57 Å². The number of hydrogen-bond acceptors (Lipinski definition) is 4. The molecule has 3 aromatic rings. The molecule has 2 heterocycles. The van der Waals surface area contributed by atoms with Crippen molar-refractivity contribution >= 4 is 28.6 Å². The lowest BCUT2D eigenvalue weighted by molar-refractivity contribution is 0.0695. The van der Waals surface area contributed by atoms with Gasteiger partial charge in [-0.25, -0.2) is 18.0 Å². The molecular formula is C23H20F3N3O3. The zero-order valence-electron chi connectivity index (χ0n) is 16.9. The minimum absolute atomic E-state index is 0.0658. The third-order valence-corrected chi connectivity index (χ3v) is 5.63. The number of anilines is 1. The van der Waals surface area contributed by atoms with E-state index in [2.05, 4.69) is 6.58 Å². The first-order valence-corrected chi connectivity index (χ1v) is 9.96. The summed E-state index contributed by atoms with van der Waals surface area (Å²) in [7, 11) is 0. The van der Waals surface area contributed by atoms with Gasteiger partial charge in [-0.3, -0.25) is 4.79 Å². The van der Waals surface area contributed by atoms with Gasteiger partial charge in [0.05, 0.1) is 22.3 Å². The number of piperidine rings is 1. The minimum atomic E-state index is -1.56. The summed E-state index contributed by atoms with van der Waals surface area (Å²) in [6, 6.07) is 3.53. The maximum Gasteiger partial charge on any atom is 0.341 e. The molecule has 1 saturated heterocycles. The van der Waals surface area contributed by atoms with Crippen LogP contribution in [-0.4, -0.2) is 34.8 Å². The van der Waals surface area contributed by atoms with Crippen molar-refractivity contribution in [3.05, 3.63) is 75.8 Å². The van der Waals surface area contributed by atoms with Gasteiger partial charge < -0.3 is 20.3 Å². The molecule has 0 saturated carbocycles. The van der Waals surface area contributed by atoms with Crippen LogP contribution in [0.4, 0.5) is 18.9 Å². The molecule has 9 heteroatoms. The number of nitrogens with two attached hydrogens (primary N) is 1. The minimum Gasteiger partial charge on any atom is -0.477 e. The van der Waals surface area contributed by atoms with Crippen LogP contribution in [0.5, 0.6) is 0 Å². The Hall–Kier alpha value is -3.59. The van der Waals surface area contributed by atoms with Gasteiger partial charge in [0.1, 0.15) is 23.0 Å². The van der Waals surface area contributed by atoms with Crippen LogP contribution in [0.3, 0.4) is 0 Å². The third-order valence-electron chi connectivity index (χ3n) is 5.63. The fourth-order valence-corrected chi connectivity index (χ4v) is 4.23. The molecule has 1 aromatic heterocycles. The van der Waals surface area contributed by atoms with E-state index in [0.717, 1.165) is 41.8 Å². The van der Waals surface area contributed by atoms with E-state index >= 15 is 4.39 Å². The molecule has 0 radical (unpaired) electrons. The number of carboxylic acid groups (broad SMARTS) is 1. The highest BCUT2D eigenvalue weighted by molar-refractivity contribution is 5.99. The molecule has 1 atom stereocenters. The van der Waals surface area contributed by atoms with Crippen LogP contribution in [0.25, 0.3) is 22.7 Å². The van der Waals surface area contributed by atoms with Gasteiger partial charge in [0, 0.05) is 37.0 Å². The van der Waals surface area contributed by atoms with Crippen LogP contribution in [0.1, 0.15) is 28.8 Å². The second-order valence-corrected chi connectivity index (χ2v) is 7.71. The fourth-order valence-electron chi connectivity index (χ4n) is 4.23. The van der Waals surface area contributed by atoms with Crippen molar-refractivity contribution in [3.63, 3.8) is 0 Å². The highest BCUT2D eigenvalue weighted by atomic mass is 19.1. The molecule has 0 aliphatic carbocycles. The lowest BCUT2D eigenvalue weighted by Crippen LogP contribution is -2.43. The van der Waals surface area contributed by atoms with E-state index < -0.39 is 34.4 Å². The third kappa shape index (κ3) is 3.54. The van der Waals surface area contributed by atoms with Crippen molar-refractivity contribution in [2.45, 2.75) is 18.9 Å². The van der Waals surface area contributed by atoms with Gasteiger partial charge in [0.25, 0.3) is 0 Å². The van der Waals surface area contributed by atoms with E-state index in [1.54, 1.807) is 4.90 Å². The number of benzene rings is 2. The molecule has 1 fully saturated rings. The molecule has 0 spiro atoms. The number of fused-ring (bicyclic) bond motifs is 1. The summed E-state index contributed by atoms with van der Waals surface area (Å²) in [5.41, 5.74) is 4.65. The van der Waals surface area contributed by atoms with Crippen LogP contribution < -0.4 is 16.1 Å². The summed E-state index contributed by atoms with van der Waals surface area (Å²) < 4.78 is 44.7. The second kappa shape index (κ2) is 8.16. The molecule has 166 valence electrons. The first-order chi connectivity index (χ1) is 15.2. The Kier molecular flexibility index (Phi) is 5.52. The van der Waals surface area contributed by atoms with E-state index in [1.807, 2.05) is 0 Å². The Bertz CT molecular complexity index is 1320. The van der Waals surface area contributed by atoms with Crippen molar-refractivity contribution in [3.8, 4) is 5.69 Å². The number of carbonyl (C=O) groups is 1. The van der Waals surface area contributed by atoms with E-state index in [4.69, 9.17) is 5.73 Å². The number of rotatable bonds is 4. The molecule has 32 heavy (non-hydrogen) atoms. The summed E-state index contributed by atoms with van der Waals surface area (Å²) in [6.07, 6.45) is 3.80. The lowest BCUT2D eigenvalue weighted by Gasteiger charge is -2.34. The zero-order chi connectivity index (χ0) is 23.2. The molecule has 1 aliphatic heterocycles. The summed E-state index contributed by atoms with van der Waals surface area (Å²) in [5, 5.41) is 9.23. The summed E-state index contributed by atoms with van der Waals surface area (Å²) in [5.74, 6) is -4.10. The number of hydrogen-bond donors (Lipinski definition) is 2. The van der Waals surface area contributed by atoms with E-state index in [1.165, 1.54) is 6.08 Å². The summed E-state index contributed by atoms with van der Waals surface area (Å²) >= 11 is 0. The van der Waals surface area contributed by atoms with Gasteiger partial charge in [-0.05, 0) is 31.0 Å². The first-order valence-electron chi connectivity index (χ1n) is 9.96. The Morgan fingerprint density at radius 3 is 2.59 bits per heavy atom. The maximum absolute atomic E-state index is 15.3. The Morgan fingerprint density at radius 1 is 1.22 bits per heavy atom. The average molecular weight is 443 g/mol. The van der Waals surface area contributed by atoms with Crippen molar-refractivity contribution < 1.29 is 23.1 Å². The van der Waals surface area contributed by atoms with Crippen LogP contribution in [0.15, 0.2) is 41.8 Å². The molecule has 3 N–H and O–H groups in total. The molecule has 0 bridgehead atoms. The van der Waals surface area contributed by atoms with Crippen LogP contribution in [0.2, 0.25) is 0 Å². The van der Waals surface area contributed by atoms with Gasteiger partial charge >= 0.3 is 5.97 Å². The fraction of sp³-hybridized carbons (Fsp3) is 0.217. The molecule has 1 unspecified atom stereocenters. The molecule has 4 rings (SSSR count). The van der Waals surface area contributed by atoms with Gasteiger partial charge in [0.2, 0.25) is 5.43 Å². The van der Waals surface area contributed by atoms with Crippen LogP contribution in [-0.2, 0) is 0 Å². The van der Waals surface area contributed by atoms with Gasteiger partial charge in [-0.2, -0.15) is 0 Å². The number of carboxylic acids is 1. The van der Waals surface area contributed by atoms with Crippen LogP contribution >= 0.6 is 0 Å². The Morgan fingerprint density at radius 2 is 1.97 bits per heavy atom. The van der Waals surface area contributed by atoms with Gasteiger partial charge in [-0.15, -0.1) is 0 Å². The van der Waals surface area contributed by atoms with E-state index in [-0.39, 0.29) is 33.9 Å². The predicted octanol–water partition coefficient (Wildman–Crippen LogP) is 3.68. The number of pyridine rings is 1. The van der Waals surface area contributed by atoms with Crippen molar-refractivity contribution in [2.24, 2.45) is 5.73 Å². The largest absolute Gasteiger partial charge is 0.477 e. The standard InChI is InChI=1S/C23H20F3N3O3/c1-2-14-20-15(9-18(26)21(14)28-7-3-4-13(27)10-28)22(30)16(23(31)32)11-29(20)19-6-5-12(24)8-17(19)25/h2,5-6,8-9,11,13H,1,3-4,7,10,27H2,(H,31,32). The van der Waals surface area contributed by atoms with Gasteiger partial charge in [-0.1, -0.05) is 12.7 Å². The SMILES string of the molecule is C=Cc1c(N2CCCC(N)C2)c(F)cc2c(=O)c(C(=O)O)cn(-c3ccc(F)cc3F)c12. The van der Waals surface area contributed by atoms with Crippen LogP contribution in [0, 0.1) is 17.5 Å². The highest BCUT2D eigenvalue weighted by Gasteiger charge is 2.27. The monoisotopic (exact) mass is 443 g/mol. The van der Waals surface area contributed by atoms with E-state index in [0.29, 0.717) is 19.2 Å². The van der Waals surface area contributed by atoms with Crippen molar-refractivity contribution in [1.29, 1.82) is 0 Å². The second-order valence-electron chi connectivity index (χ2n) is 7.71. The lowest BCUT2D eigenvalue weighted by atomic mass is 9.99. The quantitative estimate of drug-likeness (QED) is 0.642. The van der Waals surface area contributed by atoms with Gasteiger partial charge in [0.15, 0.2) is 0 Å². The summed E-state index contributed by atoms with van der Waals surface area (Å²) in [6.45, 7) is 4.63. The number of nitrogens with zero attached hydrogens (tertiary/aromatic N) is 2. The number of aromatic nitrogens is 1. The topological polar surface area (TPSA) is 88.6 Å². The molecule has 2 aromatic carbocycles. The molecule has 1 aliphatic rings. The summed E-state index contributed by atoms with van der Waals surface area (Å²) in [4.78, 5) is 26.3. The Balaban J connectivity index is 2.15. The molecular weight excluding hydrogens is 423 g/mol. The number of halogens is 3. The predicted molar refractivity (Wildman–Crippen MR) is 116 cm³/mol. The molecule has 0 amide bonds. The number of aromatic carboxylic acids is 1. The maximum atomic E-state index is 15.3. The van der Waals surface area contributed by atoms with Crippen molar-refractivity contribution in [2.75, 3.05) is 18.0 Å². The Labute approximate surface area is 181 Å². The first kappa shape index (κ1) is 21.6. The average Bonchev–Trinajstić information content (AvgIpc) is 2.73. The highest BCUT2D eigenvalue weighted by Crippen LogP contribution is 2.35. The zero-order valence-corrected chi connectivity index (χ0v) is 16.9. The normalized spacial score (nSPS) is 16.4. The molecule has 6 nitrogen and oxygen atoms in total.